The average Bonchev–Trinajstić information content (AvgIpc) is 3.11. The molecule has 32 heavy (non-hydrogen) atoms. The van der Waals surface area contributed by atoms with Gasteiger partial charge in [-0.25, -0.2) is 13.2 Å². The van der Waals surface area contributed by atoms with Crippen molar-refractivity contribution in [3.63, 3.8) is 0 Å². The zero-order valence-corrected chi connectivity index (χ0v) is 20.9. The first-order valence-electron chi connectivity index (χ1n) is 10.5. The largest absolute Gasteiger partial charge is 0.462 e. The molecule has 0 fully saturated rings. The van der Waals surface area contributed by atoms with Crippen molar-refractivity contribution in [2.24, 2.45) is 0 Å². The van der Waals surface area contributed by atoms with E-state index in [1.165, 1.54) is 35.6 Å². The number of sulfone groups is 1. The number of hydrogen-bond acceptors (Lipinski definition) is 7. The molecule has 1 aromatic carbocycles. The number of carbonyl (C=O) groups excluding carboxylic acids is 2. The first-order chi connectivity index (χ1) is 14.8. The van der Waals surface area contributed by atoms with Crippen LogP contribution in [0.2, 0.25) is 0 Å². The first-order valence-corrected chi connectivity index (χ1v) is 13.0. The summed E-state index contributed by atoms with van der Waals surface area (Å²) in [7, 11) is -3.33. The lowest BCUT2D eigenvalue weighted by molar-refractivity contribution is 0.0526. The zero-order chi connectivity index (χ0) is 22.6. The van der Waals surface area contributed by atoms with Gasteiger partial charge in [-0.15, -0.1) is 23.7 Å². The highest BCUT2D eigenvalue weighted by atomic mass is 35.5. The van der Waals surface area contributed by atoms with Crippen LogP contribution in [0.25, 0.3) is 0 Å². The predicted molar refractivity (Wildman–Crippen MR) is 129 cm³/mol. The van der Waals surface area contributed by atoms with Gasteiger partial charge < -0.3 is 10.1 Å². The minimum atomic E-state index is -3.33. The molecule has 1 aromatic heterocycles. The van der Waals surface area contributed by atoms with Crippen molar-refractivity contribution in [2.75, 3.05) is 30.8 Å². The van der Waals surface area contributed by atoms with Crippen molar-refractivity contribution in [3.8, 4) is 0 Å². The zero-order valence-electron chi connectivity index (χ0n) is 18.5. The summed E-state index contributed by atoms with van der Waals surface area (Å²) in [5.74, 6) is -0.823. The van der Waals surface area contributed by atoms with Crippen LogP contribution in [0, 0.1) is 0 Å². The van der Waals surface area contributed by atoms with E-state index >= 15 is 0 Å². The Kier molecular flexibility index (Phi) is 9.27. The van der Waals surface area contributed by atoms with Gasteiger partial charge in [0.25, 0.3) is 5.91 Å². The summed E-state index contributed by atoms with van der Waals surface area (Å²) in [6, 6.07) is 5.83. The third kappa shape index (κ3) is 5.70. The van der Waals surface area contributed by atoms with Gasteiger partial charge in [0.15, 0.2) is 9.84 Å². The van der Waals surface area contributed by atoms with Crippen LogP contribution in [0.1, 0.15) is 58.3 Å². The first kappa shape index (κ1) is 26.3. The molecule has 0 aliphatic carbocycles. The summed E-state index contributed by atoms with van der Waals surface area (Å²) in [4.78, 5) is 29.1. The van der Waals surface area contributed by atoms with Gasteiger partial charge in [-0.2, -0.15) is 0 Å². The Morgan fingerprint density at radius 3 is 2.44 bits per heavy atom. The molecular weight excluding hydrogens is 472 g/mol. The molecular formula is C22H29ClN2O5S2. The van der Waals surface area contributed by atoms with Crippen LogP contribution < -0.4 is 5.32 Å². The van der Waals surface area contributed by atoms with E-state index in [-0.39, 0.29) is 29.7 Å². The summed E-state index contributed by atoms with van der Waals surface area (Å²) in [5.41, 5.74) is 1.72. The van der Waals surface area contributed by atoms with E-state index in [1.54, 1.807) is 13.8 Å². The summed E-state index contributed by atoms with van der Waals surface area (Å²) >= 11 is 1.41. The van der Waals surface area contributed by atoms with E-state index in [9.17, 15) is 18.0 Å². The number of halogens is 1. The number of hydrogen-bond donors (Lipinski definition) is 1. The Morgan fingerprint density at radius 2 is 1.84 bits per heavy atom. The highest BCUT2D eigenvalue weighted by molar-refractivity contribution is 7.91. The average molecular weight is 501 g/mol. The van der Waals surface area contributed by atoms with Gasteiger partial charge in [-0.05, 0) is 56.1 Å². The quantitative estimate of drug-likeness (QED) is 0.547. The Bertz CT molecular complexity index is 1060. The number of ether oxygens (including phenoxy) is 1. The molecule has 1 amide bonds. The van der Waals surface area contributed by atoms with Gasteiger partial charge in [0.05, 0.1) is 22.8 Å². The molecule has 0 unspecified atom stereocenters. The maximum atomic E-state index is 12.8. The Labute approximate surface area is 199 Å². The second-order valence-corrected chi connectivity index (χ2v) is 10.7. The van der Waals surface area contributed by atoms with Gasteiger partial charge in [-0.1, -0.05) is 13.8 Å². The molecule has 176 valence electrons. The predicted octanol–water partition coefficient (Wildman–Crippen LogP) is 4.16. The number of esters is 1. The van der Waals surface area contributed by atoms with E-state index in [4.69, 9.17) is 4.74 Å². The third-order valence-corrected chi connectivity index (χ3v) is 8.12. The van der Waals surface area contributed by atoms with Gasteiger partial charge in [0, 0.05) is 23.5 Å². The van der Waals surface area contributed by atoms with E-state index in [1.807, 2.05) is 0 Å². The van der Waals surface area contributed by atoms with Crippen molar-refractivity contribution in [1.82, 2.24) is 4.90 Å². The molecule has 2 aromatic rings. The number of amides is 1. The molecule has 0 saturated carbocycles. The highest BCUT2D eigenvalue weighted by Crippen LogP contribution is 2.38. The van der Waals surface area contributed by atoms with Crippen molar-refractivity contribution < 1.29 is 22.7 Å². The van der Waals surface area contributed by atoms with E-state index in [2.05, 4.69) is 17.1 Å². The van der Waals surface area contributed by atoms with Crippen molar-refractivity contribution in [3.05, 3.63) is 45.8 Å². The molecule has 1 aliphatic rings. The van der Waals surface area contributed by atoms with Crippen LogP contribution in [0.5, 0.6) is 0 Å². The van der Waals surface area contributed by atoms with Crippen LogP contribution in [-0.4, -0.2) is 50.6 Å². The van der Waals surface area contributed by atoms with E-state index in [0.29, 0.717) is 16.1 Å². The van der Waals surface area contributed by atoms with Crippen molar-refractivity contribution >= 4 is 50.5 Å². The SMILES string of the molecule is CCCN1CCc2c(sc(NC(=O)c3ccc(S(=O)(=O)CC)cc3)c2C(=O)OCC)C1.Cl. The maximum absolute atomic E-state index is 12.8. The number of benzene rings is 1. The lowest BCUT2D eigenvalue weighted by Crippen LogP contribution is -2.30. The second-order valence-electron chi connectivity index (χ2n) is 7.34. The Morgan fingerprint density at radius 1 is 1.16 bits per heavy atom. The number of anilines is 1. The fraction of sp³-hybridized carbons (Fsp3) is 0.455. The maximum Gasteiger partial charge on any atom is 0.341 e. The lowest BCUT2D eigenvalue weighted by atomic mass is 10.0. The minimum absolute atomic E-state index is 0. The lowest BCUT2D eigenvalue weighted by Gasteiger charge is -2.26. The molecule has 10 heteroatoms. The molecule has 0 bridgehead atoms. The Hall–Kier alpha value is -1.94. The summed E-state index contributed by atoms with van der Waals surface area (Å²) < 4.78 is 29.2. The summed E-state index contributed by atoms with van der Waals surface area (Å²) in [5, 5.41) is 3.34. The molecule has 0 radical (unpaired) electrons. The normalized spacial score (nSPS) is 13.7. The molecule has 7 nitrogen and oxygen atoms in total. The molecule has 0 saturated heterocycles. The molecule has 2 heterocycles. The van der Waals surface area contributed by atoms with Crippen LogP contribution in [0.3, 0.4) is 0 Å². The van der Waals surface area contributed by atoms with Gasteiger partial charge in [0.2, 0.25) is 0 Å². The molecule has 0 atom stereocenters. The van der Waals surface area contributed by atoms with Crippen LogP contribution in [0.4, 0.5) is 5.00 Å². The highest BCUT2D eigenvalue weighted by Gasteiger charge is 2.29. The Balaban J connectivity index is 0.00000363. The number of nitrogens with zero attached hydrogens (tertiary/aromatic N) is 1. The van der Waals surface area contributed by atoms with E-state index in [0.717, 1.165) is 42.9 Å². The third-order valence-electron chi connectivity index (χ3n) is 5.24. The smallest absolute Gasteiger partial charge is 0.341 e. The molecule has 3 rings (SSSR count). The fourth-order valence-electron chi connectivity index (χ4n) is 3.63. The standard InChI is InChI=1S/C22H28N2O5S2.ClH/c1-4-12-24-13-11-17-18(14-24)30-21(19(17)22(26)29-5-2)23-20(25)15-7-9-16(10-8-15)31(27,28)6-3;/h7-10H,4-6,11-14H2,1-3H3,(H,23,25);1H. The molecule has 1 aliphatic heterocycles. The minimum Gasteiger partial charge on any atom is -0.462 e. The van der Waals surface area contributed by atoms with Gasteiger partial charge in [0.1, 0.15) is 5.00 Å². The van der Waals surface area contributed by atoms with Gasteiger partial charge in [-0.3, -0.25) is 9.69 Å². The number of rotatable bonds is 8. The monoisotopic (exact) mass is 500 g/mol. The number of carbonyl (C=O) groups is 2. The second kappa shape index (κ2) is 11.3. The van der Waals surface area contributed by atoms with Crippen LogP contribution in [-0.2, 0) is 27.5 Å². The van der Waals surface area contributed by atoms with Crippen molar-refractivity contribution in [2.45, 2.75) is 45.1 Å². The number of fused-ring (bicyclic) bond motifs is 1. The topological polar surface area (TPSA) is 92.8 Å². The molecule has 1 N–H and O–H groups in total. The molecule has 0 spiro atoms. The van der Waals surface area contributed by atoms with Crippen LogP contribution >= 0.6 is 23.7 Å². The fourth-order valence-corrected chi connectivity index (χ4v) is 5.78. The van der Waals surface area contributed by atoms with E-state index < -0.39 is 21.7 Å². The summed E-state index contributed by atoms with van der Waals surface area (Å²) in [6.07, 6.45) is 1.79. The number of nitrogens with one attached hydrogen (secondary N) is 1. The van der Waals surface area contributed by atoms with Crippen LogP contribution in [0.15, 0.2) is 29.2 Å². The summed E-state index contributed by atoms with van der Waals surface area (Å²) in [6.45, 7) is 8.32. The van der Waals surface area contributed by atoms with Crippen molar-refractivity contribution in [1.29, 1.82) is 0 Å². The number of thiophene rings is 1. The van der Waals surface area contributed by atoms with Gasteiger partial charge >= 0.3 is 5.97 Å².